The molecule has 1 aromatic carbocycles. The van der Waals surface area contributed by atoms with E-state index < -0.39 is 0 Å². The van der Waals surface area contributed by atoms with E-state index in [0.717, 1.165) is 31.7 Å². The molecule has 6 nitrogen and oxygen atoms in total. The van der Waals surface area contributed by atoms with Gasteiger partial charge in [-0.15, -0.1) is 0 Å². The minimum absolute atomic E-state index is 0.0823. The van der Waals surface area contributed by atoms with Crippen molar-refractivity contribution < 1.29 is 9.53 Å². The lowest BCUT2D eigenvalue weighted by Crippen LogP contribution is -2.46. The number of aromatic nitrogens is 1. The number of carbonyl (C=O) groups excluding carboxylic acids is 1. The van der Waals surface area contributed by atoms with E-state index in [0.29, 0.717) is 29.8 Å². The van der Waals surface area contributed by atoms with Crippen LogP contribution in [0.1, 0.15) is 12.0 Å². The molecule has 138 valence electrons. The Kier molecular flexibility index (Phi) is 6.46. The van der Waals surface area contributed by atoms with Crippen LogP contribution >= 0.6 is 15.9 Å². The van der Waals surface area contributed by atoms with Gasteiger partial charge in [0.05, 0.1) is 0 Å². The zero-order chi connectivity index (χ0) is 18.4. The topological polar surface area (TPSA) is 63.6 Å². The molecule has 1 N–H and O–H groups in total. The van der Waals surface area contributed by atoms with Crippen molar-refractivity contribution in [3.05, 3.63) is 63.0 Å². The molecule has 1 saturated heterocycles. The molecule has 1 aromatic heterocycles. The Morgan fingerprint density at radius 1 is 1.15 bits per heavy atom. The lowest BCUT2D eigenvalue weighted by Gasteiger charge is -2.27. The smallest absolute Gasteiger partial charge is 0.268 e. The molecule has 7 heteroatoms. The molecule has 3 rings (SSSR count). The van der Waals surface area contributed by atoms with Crippen LogP contribution in [0, 0.1) is 0 Å². The van der Waals surface area contributed by atoms with E-state index in [9.17, 15) is 9.59 Å². The van der Waals surface area contributed by atoms with Crippen molar-refractivity contribution in [3.8, 4) is 5.75 Å². The molecule has 1 amide bonds. The van der Waals surface area contributed by atoms with Gasteiger partial charge in [-0.1, -0.05) is 30.3 Å². The molecule has 0 spiro atoms. The van der Waals surface area contributed by atoms with Crippen LogP contribution < -0.4 is 15.6 Å². The number of nitrogens with zero attached hydrogens (tertiary/aromatic N) is 2. The first kappa shape index (κ1) is 18.7. The summed E-state index contributed by atoms with van der Waals surface area (Å²) in [4.78, 5) is 26.6. The van der Waals surface area contributed by atoms with Crippen LogP contribution in [0.15, 0.2) is 51.9 Å². The van der Waals surface area contributed by atoms with Gasteiger partial charge in [-0.25, -0.2) is 0 Å². The highest BCUT2D eigenvalue weighted by Crippen LogP contribution is 2.21. The highest BCUT2D eigenvalue weighted by molar-refractivity contribution is 9.10. The largest absolute Gasteiger partial charge is 0.487 e. The molecule has 2 aromatic rings. The Bertz CT molecular complexity index is 801. The van der Waals surface area contributed by atoms with Crippen LogP contribution in [-0.4, -0.2) is 41.6 Å². The maximum Gasteiger partial charge on any atom is 0.268 e. The van der Waals surface area contributed by atoms with Gasteiger partial charge in [-0.3, -0.25) is 9.59 Å². The van der Waals surface area contributed by atoms with Crippen molar-refractivity contribution in [2.75, 3.05) is 26.2 Å². The van der Waals surface area contributed by atoms with Gasteiger partial charge in [0.1, 0.15) is 16.8 Å². The van der Waals surface area contributed by atoms with Gasteiger partial charge in [0.25, 0.3) is 5.56 Å². The average molecular weight is 420 g/mol. The van der Waals surface area contributed by atoms with Gasteiger partial charge in [-0.2, -0.15) is 0 Å². The summed E-state index contributed by atoms with van der Waals surface area (Å²) in [6.45, 7) is 3.85. The molecular weight excluding hydrogens is 398 g/mol. The normalized spacial score (nSPS) is 14.3. The number of halogens is 1. The van der Waals surface area contributed by atoms with E-state index in [2.05, 4.69) is 21.2 Å². The lowest BCUT2D eigenvalue weighted by molar-refractivity contribution is -0.132. The summed E-state index contributed by atoms with van der Waals surface area (Å²) in [5.74, 6) is 0.586. The number of hydrogen-bond acceptors (Lipinski definition) is 4. The molecule has 26 heavy (non-hydrogen) atoms. The highest BCUT2D eigenvalue weighted by atomic mass is 79.9. The van der Waals surface area contributed by atoms with Crippen molar-refractivity contribution in [1.82, 2.24) is 14.8 Å². The highest BCUT2D eigenvalue weighted by Gasteiger charge is 2.16. The number of rotatable bonds is 6. The lowest BCUT2D eigenvalue weighted by atomic mass is 10.2. The van der Waals surface area contributed by atoms with Crippen LogP contribution in [0.25, 0.3) is 0 Å². The Morgan fingerprint density at radius 3 is 2.62 bits per heavy atom. The molecule has 0 aliphatic carbocycles. The summed E-state index contributed by atoms with van der Waals surface area (Å²) in [5.41, 5.74) is 0.842. The number of piperazine rings is 1. The van der Waals surface area contributed by atoms with Crippen LogP contribution in [0.3, 0.4) is 0 Å². The maximum atomic E-state index is 12.5. The molecule has 2 heterocycles. The van der Waals surface area contributed by atoms with Crippen LogP contribution in [0.5, 0.6) is 5.75 Å². The van der Waals surface area contributed by atoms with Gasteiger partial charge in [0, 0.05) is 45.3 Å². The van der Waals surface area contributed by atoms with Crippen molar-refractivity contribution in [2.24, 2.45) is 0 Å². The number of aryl methyl sites for hydroxylation is 1. The first-order valence-electron chi connectivity index (χ1n) is 8.69. The first-order valence-corrected chi connectivity index (χ1v) is 9.48. The fourth-order valence-electron chi connectivity index (χ4n) is 2.84. The third kappa shape index (κ3) is 4.74. The Balaban J connectivity index is 1.60. The third-order valence-corrected chi connectivity index (χ3v) is 5.07. The predicted molar refractivity (Wildman–Crippen MR) is 103 cm³/mol. The van der Waals surface area contributed by atoms with E-state index in [-0.39, 0.29) is 11.5 Å². The monoisotopic (exact) mass is 419 g/mol. The second-order valence-corrected chi connectivity index (χ2v) is 6.94. The molecule has 0 saturated carbocycles. The molecule has 0 bridgehead atoms. The second kappa shape index (κ2) is 9.00. The number of hydrogen-bond donors (Lipinski definition) is 1. The molecule has 1 aliphatic rings. The van der Waals surface area contributed by atoms with Gasteiger partial charge >= 0.3 is 0 Å². The summed E-state index contributed by atoms with van der Waals surface area (Å²) < 4.78 is 7.66. The summed E-state index contributed by atoms with van der Waals surface area (Å²) in [5, 5.41) is 3.22. The summed E-state index contributed by atoms with van der Waals surface area (Å²) >= 11 is 3.33. The summed E-state index contributed by atoms with van der Waals surface area (Å²) in [6, 6.07) is 11.5. The van der Waals surface area contributed by atoms with Crippen molar-refractivity contribution >= 4 is 21.8 Å². The molecular formula is C19H22BrN3O3. The van der Waals surface area contributed by atoms with E-state index in [1.165, 1.54) is 0 Å². The minimum atomic E-state index is -0.191. The van der Waals surface area contributed by atoms with E-state index in [4.69, 9.17) is 4.74 Å². The molecule has 0 radical (unpaired) electrons. The van der Waals surface area contributed by atoms with Gasteiger partial charge < -0.3 is 19.5 Å². The van der Waals surface area contributed by atoms with E-state index in [1.807, 2.05) is 35.2 Å². The number of ether oxygens (including phenoxy) is 1. The fourth-order valence-corrected chi connectivity index (χ4v) is 3.32. The zero-order valence-electron chi connectivity index (χ0n) is 14.5. The maximum absolute atomic E-state index is 12.5. The zero-order valence-corrected chi connectivity index (χ0v) is 16.1. The number of carbonyl (C=O) groups is 1. The quantitative estimate of drug-likeness (QED) is 0.777. The van der Waals surface area contributed by atoms with Crippen LogP contribution in [0.4, 0.5) is 0 Å². The molecule has 1 fully saturated rings. The standard InChI is InChI=1S/C19H22BrN3O3/c20-18-16(26-14-15-4-2-1-3-5-15)6-10-23(19(18)25)11-7-17(24)22-12-8-21-9-13-22/h1-6,10,21H,7-9,11-14H2. The van der Waals surface area contributed by atoms with Crippen molar-refractivity contribution in [1.29, 1.82) is 0 Å². The van der Waals surface area contributed by atoms with Crippen molar-refractivity contribution in [2.45, 2.75) is 19.6 Å². The van der Waals surface area contributed by atoms with Crippen LogP contribution in [0.2, 0.25) is 0 Å². The fraction of sp³-hybridized carbons (Fsp3) is 0.368. The number of amides is 1. The van der Waals surface area contributed by atoms with Crippen molar-refractivity contribution in [3.63, 3.8) is 0 Å². The Labute approximate surface area is 160 Å². The summed E-state index contributed by atoms with van der Waals surface area (Å²) in [7, 11) is 0. The van der Waals surface area contributed by atoms with Gasteiger partial charge in [0.15, 0.2) is 0 Å². The van der Waals surface area contributed by atoms with Gasteiger partial charge in [0.2, 0.25) is 5.91 Å². The SMILES string of the molecule is O=C(CCn1ccc(OCc2ccccc2)c(Br)c1=O)N1CCNCC1. The van der Waals surface area contributed by atoms with E-state index >= 15 is 0 Å². The first-order chi connectivity index (χ1) is 12.6. The second-order valence-electron chi connectivity index (χ2n) is 6.15. The predicted octanol–water partition coefficient (Wildman–Crippen LogP) is 2.01. The van der Waals surface area contributed by atoms with Gasteiger partial charge in [-0.05, 0) is 27.6 Å². The van der Waals surface area contributed by atoms with Crippen LogP contribution in [-0.2, 0) is 17.9 Å². The number of nitrogens with one attached hydrogen (secondary N) is 1. The molecule has 1 aliphatic heterocycles. The summed E-state index contributed by atoms with van der Waals surface area (Å²) in [6.07, 6.45) is 2.00. The third-order valence-electron chi connectivity index (χ3n) is 4.34. The van der Waals surface area contributed by atoms with E-state index in [1.54, 1.807) is 16.8 Å². The molecule has 0 unspecified atom stereocenters. The number of pyridine rings is 1. The molecule has 0 atom stereocenters. The number of benzene rings is 1. The average Bonchev–Trinajstić information content (AvgIpc) is 2.69. The minimum Gasteiger partial charge on any atom is -0.487 e. The Morgan fingerprint density at radius 2 is 1.88 bits per heavy atom. The Hall–Kier alpha value is -2.12.